The van der Waals surface area contributed by atoms with E-state index in [0.717, 1.165) is 12.2 Å². The Morgan fingerprint density at radius 3 is 2.29 bits per heavy atom. The first-order chi connectivity index (χ1) is 14.8. The standard InChI is InChI=1S/C24H30Cl2N2O3/c1-4-17(2)27-24(30)18(3)28(16-20-21(25)12-8-13-22(20)26)23(29)14-9-15-31-19-10-6-5-7-11-19/h5-8,10-13,17-18H,4,9,14-16H2,1-3H3,(H,27,30)/t17-,18-/m1/s1. The van der Waals surface area contributed by atoms with E-state index in [-0.39, 0.29) is 30.8 Å². The molecule has 2 aromatic carbocycles. The summed E-state index contributed by atoms with van der Waals surface area (Å²) in [6, 6.07) is 14.0. The molecule has 0 radical (unpaired) electrons. The number of nitrogens with one attached hydrogen (secondary N) is 1. The average Bonchev–Trinajstić information content (AvgIpc) is 2.76. The van der Waals surface area contributed by atoms with E-state index >= 15 is 0 Å². The molecule has 0 saturated heterocycles. The van der Waals surface area contributed by atoms with Crippen LogP contribution in [0.4, 0.5) is 0 Å². The number of nitrogens with zero attached hydrogens (tertiary/aromatic N) is 1. The van der Waals surface area contributed by atoms with Gasteiger partial charge < -0.3 is 15.0 Å². The zero-order valence-corrected chi connectivity index (χ0v) is 19.7. The lowest BCUT2D eigenvalue weighted by atomic mass is 10.1. The Morgan fingerprint density at radius 2 is 1.68 bits per heavy atom. The molecule has 0 bridgehead atoms. The predicted molar refractivity (Wildman–Crippen MR) is 126 cm³/mol. The van der Waals surface area contributed by atoms with Crippen molar-refractivity contribution in [2.75, 3.05) is 6.61 Å². The van der Waals surface area contributed by atoms with Crippen LogP contribution in [0.3, 0.4) is 0 Å². The van der Waals surface area contributed by atoms with Gasteiger partial charge in [-0.15, -0.1) is 0 Å². The molecule has 7 heteroatoms. The molecule has 31 heavy (non-hydrogen) atoms. The van der Waals surface area contributed by atoms with E-state index in [0.29, 0.717) is 28.6 Å². The van der Waals surface area contributed by atoms with Gasteiger partial charge in [0.05, 0.1) is 6.61 Å². The maximum atomic E-state index is 13.1. The van der Waals surface area contributed by atoms with Crippen LogP contribution < -0.4 is 10.1 Å². The van der Waals surface area contributed by atoms with Crippen molar-refractivity contribution in [1.29, 1.82) is 0 Å². The lowest BCUT2D eigenvalue weighted by Crippen LogP contribution is -2.49. The molecule has 168 valence electrons. The third-order valence-corrected chi connectivity index (χ3v) is 5.81. The average molecular weight is 465 g/mol. The molecule has 0 aliphatic heterocycles. The molecule has 5 nitrogen and oxygen atoms in total. The number of carbonyl (C=O) groups is 2. The zero-order chi connectivity index (χ0) is 22.8. The highest BCUT2D eigenvalue weighted by molar-refractivity contribution is 6.36. The van der Waals surface area contributed by atoms with Crippen molar-refractivity contribution >= 4 is 35.0 Å². The molecule has 2 amide bonds. The molecular weight excluding hydrogens is 435 g/mol. The number of amides is 2. The smallest absolute Gasteiger partial charge is 0.242 e. The van der Waals surface area contributed by atoms with Gasteiger partial charge in [-0.05, 0) is 51.0 Å². The van der Waals surface area contributed by atoms with E-state index in [1.54, 1.807) is 25.1 Å². The lowest BCUT2D eigenvalue weighted by Gasteiger charge is -2.30. The van der Waals surface area contributed by atoms with Gasteiger partial charge in [0.15, 0.2) is 0 Å². The summed E-state index contributed by atoms with van der Waals surface area (Å²) in [5.41, 5.74) is 0.628. The Hall–Kier alpha value is -2.24. The molecule has 0 fully saturated rings. The SMILES string of the molecule is CC[C@@H](C)NC(=O)[C@@H](C)N(Cc1c(Cl)cccc1Cl)C(=O)CCCOc1ccccc1. The Labute approximate surface area is 194 Å². The van der Waals surface area contributed by atoms with E-state index < -0.39 is 6.04 Å². The summed E-state index contributed by atoms with van der Waals surface area (Å²) in [7, 11) is 0. The van der Waals surface area contributed by atoms with Crippen molar-refractivity contribution < 1.29 is 14.3 Å². The van der Waals surface area contributed by atoms with Crippen LogP contribution in [-0.2, 0) is 16.1 Å². The third-order valence-electron chi connectivity index (χ3n) is 5.11. The van der Waals surface area contributed by atoms with Gasteiger partial charge in [0.1, 0.15) is 11.8 Å². The summed E-state index contributed by atoms with van der Waals surface area (Å²) < 4.78 is 5.68. The molecule has 0 aromatic heterocycles. The van der Waals surface area contributed by atoms with Crippen LogP contribution in [0.15, 0.2) is 48.5 Å². The van der Waals surface area contributed by atoms with Crippen molar-refractivity contribution in [3.63, 3.8) is 0 Å². The summed E-state index contributed by atoms with van der Waals surface area (Å²) in [5.74, 6) is 0.404. The molecule has 2 rings (SSSR count). The molecule has 0 aliphatic rings. The fourth-order valence-electron chi connectivity index (χ4n) is 2.98. The maximum Gasteiger partial charge on any atom is 0.242 e. The van der Waals surface area contributed by atoms with Gasteiger partial charge in [0.2, 0.25) is 11.8 Å². The minimum Gasteiger partial charge on any atom is -0.494 e. The minimum atomic E-state index is -0.663. The van der Waals surface area contributed by atoms with Crippen LogP contribution in [0.2, 0.25) is 10.0 Å². The molecular formula is C24H30Cl2N2O3. The van der Waals surface area contributed by atoms with Crippen molar-refractivity contribution in [2.24, 2.45) is 0 Å². The highest BCUT2D eigenvalue weighted by Gasteiger charge is 2.27. The van der Waals surface area contributed by atoms with Crippen LogP contribution in [0.1, 0.15) is 45.6 Å². The van der Waals surface area contributed by atoms with Gasteiger partial charge in [-0.3, -0.25) is 9.59 Å². The second kappa shape index (κ2) is 12.6. The first-order valence-electron chi connectivity index (χ1n) is 10.5. The third kappa shape index (κ3) is 7.75. The summed E-state index contributed by atoms with van der Waals surface area (Å²) in [5, 5.41) is 3.88. The number of para-hydroxylation sites is 1. The minimum absolute atomic E-state index is 0.0232. The van der Waals surface area contributed by atoms with E-state index in [2.05, 4.69) is 5.32 Å². The van der Waals surface area contributed by atoms with Crippen molar-refractivity contribution in [3.8, 4) is 5.75 Å². The topological polar surface area (TPSA) is 58.6 Å². The maximum absolute atomic E-state index is 13.1. The van der Waals surface area contributed by atoms with Crippen LogP contribution in [0.25, 0.3) is 0 Å². The molecule has 0 heterocycles. The van der Waals surface area contributed by atoms with Crippen LogP contribution in [0.5, 0.6) is 5.75 Å². The van der Waals surface area contributed by atoms with Gasteiger partial charge in [-0.2, -0.15) is 0 Å². The van der Waals surface area contributed by atoms with Gasteiger partial charge in [-0.25, -0.2) is 0 Å². The van der Waals surface area contributed by atoms with Crippen LogP contribution >= 0.6 is 23.2 Å². The van der Waals surface area contributed by atoms with E-state index in [4.69, 9.17) is 27.9 Å². The summed E-state index contributed by atoms with van der Waals surface area (Å²) in [4.78, 5) is 27.4. The van der Waals surface area contributed by atoms with Gasteiger partial charge in [0, 0.05) is 34.6 Å². The Kier molecular flexibility index (Phi) is 10.2. The van der Waals surface area contributed by atoms with Crippen molar-refractivity contribution in [3.05, 3.63) is 64.1 Å². The zero-order valence-electron chi connectivity index (χ0n) is 18.2. The number of ether oxygens (including phenoxy) is 1. The van der Waals surface area contributed by atoms with Gasteiger partial charge in [0.25, 0.3) is 0 Å². The Morgan fingerprint density at radius 1 is 1.03 bits per heavy atom. The number of rotatable bonds is 11. The fourth-order valence-corrected chi connectivity index (χ4v) is 3.49. The molecule has 2 atom stereocenters. The highest BCUT2D eigenvalue weighted by atomic mass is 35.5. The monoisotopic (exact) mass is 464 g/mol. The Bertz CT molecular complexity index is 841. The van der Waals surface area contributed by atoms with E-state index in [9.17, 15) is 9.59 Å². The molecule has 0 saturated carbocycles. The molecule has 0 spiro atoms. The van der Waals surface area contributed by atoms with E-state index in [1.807, 2.05) is 44.2 Å². The molecule has 0 unspecified atom stereocenters. The predicted octanol–water partition coefficient (Wildman–Crippen LogP) is 5.48. The summed E-state index contributed by atoms with van der Waals surface area (Å²) >= 11 is 12.6. The first kappa shape index (κ1) is 25.0. The normalized spacial score (nSPS) is 12.7. The van der Waals surface area contributed by atoms with Crippen LogP contribution in [0, 0.1) is 0 Å². The number of hydrogen-bond donors (Lipinski definition) is 1. The molecule has 0 aliphatic carbocycles. The van der Waals surface area contributed by atoms with Crippen molar-refractivity contribution in [2.45, 2.75) is 58.7 Å². The highest BCUT2D eigenvalue weighted by Crippen LogP contribution is 2.27. The number of halogens is 2. The summed E-state index contributed by atoms with van der Waals surface area (Å²) in [6.45, 7) is 6.22. The van der Waals surface area contributed by atoms with Gasteiger partial charge >= 0.3 is 0 Å². The molecule has 2 aromatic rings. The van der Waals surface area contributed by atoms with Crippen LogP contribution in [-0.4, -0.2) is 35.4 Å². The first-order valence-corrected chi connectivity index (χ1v) is 11.3. The fraction of sp³-hybridized carbons (Fsp3) is 0.417. The summed E-state index contributed by atoms with van der Waals surface area (Å²) in [6.07, 6.45) is 1.58. The largest absolute Gasteiger partial charge is 0.494 e. The van der Waals surface area contributed by atoms with E-state index in [1.165, 1.54) is 4.90 Å². The number of benzene rings is 2. The number of carbonyl (C=O) groups excluding carboxylic acids is 2. The second-order valence-electron chi connectivity index (χ2n) is 7.48. The molecule has 1 N–H and O–H groups in total. The lowest BCUT2D eigenvalue weighted by molar-refractivity contribution is -0.141. The Balaban J connectivity index is 2.08. The number of hydrogen-bond acceptors (Lipinski definition) is 3. The van der Waals surface area contributed by atoms with Gasteiger partial charge in [-0.1, -0.05) is 54.4 Å². The second-order valence-corrected chi connectivity index (χ2v) is 8.30. The quantitative estimate of drug-likeness (QED) is 0.447. The van der Waals surface area contributed by atoms with Crippen molar-refractivity contribution in [1.82, 2.24) is 10.2 Å².